The van der Waals surface area contributed by atoms with Gasteiger partial charge in [-0.2, -0.15) is 0 Å². The molecule has 1 aromatic carbocycles. The summed E-state index contributed by atoms with van der Waals surface area (Å²) >= 11 is 0. The van der Waals surface area contributed by atoms with Crippen molar-refractivity contribution in [3.8, 4) is 0 Å². The minimum Gasteiger partial charge on any atom is -0.480 e. The summed E-state index contributed by atoms with van der Waals surface area (Å²) in [6.07, 6.45) is 3.67. The summed E-state index contributed by atoms with van der Waals surface area (Å²) in [5.74, 6) is -4.92. The first kappa shape index (κ1) is 46.1. The van der Waals surface area contributed by atoms with Crippen LogP contribution >= 0.6 is 0 Å². The molecule has 12 N–H and O–H groups in total. The maximum absolute atomic E-state index is 13.7. The van der Waals surface area contributed by atoms with E-state index in [-0.39, 0.29) is 43.7 Å². The van der Waals surface area contributed by atoms with Crippen molar-refractivity contribution in [2.45, 2.75) is 115 Å². The van der Waals surface area contributed by atoms with Gasteiger partial charge in [0, 0.05) is 18.6 Å². The maximum atomic E-state index is 13.7. The van der Waals surface area contributed by atoms with E-state index in [4.69, 9.17) is 17.2 Å². The number of rotatable bonds is 26. The predicted molar refractivity (Wildman–Crippen MR) is 198 cm³/mol. The molecular weight excluding hydrogens is 690 g/mol. The Kier molecular flexibility index (Phi) is 21.2. The van der Waals surface area contributed by atoms with E-state index < -0.39 is 76.7 Å². The van der Waals surface area contributed by atoms with E-state index in [1.165, 1.54) is 37.3 Å². The number of benzene rings is 1. The highest BCUT2D eigenvalue weighted by Gasteiger charge is 2.32. The van der Waals surface area contributed by atoms with Crippen LogP contribution in [0.25, 0.3) is 0 Å². The second-order valence-corrected chi connectivity index (χ2v) is 13.3. The molecule has 0 aliphatic rings. The van der Waals surface area contributed by atoms with Crippen molar-refractivity contribution < 1.29 is 38.8 Å². The molecule has 0 saturated carbocycles. The number of carboxylic acids is 1. The number of nitro benzene ring substituents is 1. The lowest BCUT2D eigenvalue weighted by Gasteiger charge is -2.27. The van der Waals surface area contributed by atoms with Gasteiger partial charge in [0.05, 0.1) is 11.0 Å². The number of carboxylic acid groups (broad SMARTS) is 1. The lowest BCUT2D eigenvalue weighted by molar-refractivity contribution is -0.384. The zero-order chi connectivity index (χ0) is 40.1. The van der Waals surface area contributed by atoms with Gasteiger partial charge >= 0.3 is 5.97 Å². The van der Waals surface area contributed by atoms with Gasteiger partial charge in [-0.25, -0.2) is 4.79 Å². The second kappa shape index (κ2) is 24.3. The molecule has 0 aromatic heterocycles. The Morgan fingerprint density at radius 3 is 1.60 bits per heavy atom. The minimum absolute atomic E-state index is 0.0914. The van der Waals surface area contributed by atoms with Gasteiger partial charge in [-0.3, -0.25) is 34.1 Å². The minimum atomic E-state index is -1.36. The summed E-state index contributed by atoms with van der Waals surface area (Å²) in [4.78, 5) is 89.2. The Hall–Kier alpha value is -4.94. The van der Waals surface area contributed by atoms with E-state index in [1.807, 2.05) is 0 Å². The molecule has 0 spiro atoms. The molecule has 1 aromatic rings. The predicted octanol–water partition coefficient (Wildman–Crippen LogP) is -0.127. The molecule has 0 saturated heterocycles. The number of nitrogens with one attached hydrogen (secondary N) is 5. The van der Waals surface area contributed by atoms with E-state index in [9.17, 15) is 44.0 Å². The van der Waals surface area contributed by atoms with Crippen molar-refractivity contribution in [2.24, 2.45) is 23.1 Å². The number of non-ortho nitro benzene ring substituents is 1. The van der Waals surface area contributed by atoms with Gasteiger partial charge in [-0.05, 0) is 82.9 Å². The van der Waals surface area contributed by atoms with Crippen molar-refractivity contribution >= 4 is 41.2 Å². The number of amides is 5. The molecule has 0 fully saturated rings. The van der Waals surface area contributed by atoms with E-state index in [1.54, 1.807) is 13.8 Å². The van der Waals surface area contributed by atoms with Gasteiger partial charge in [0.15, 0.2) is 0 Å². The molecule has 296 valence electrons. The Balaban J connectivity index is 3.35. The summed E-state index contributed by atoms with van der Waals surface area (Å²) in [5, 5.41) is 33.8. The molecule has 0 radical (unpaired) electrons. The monoisotopic (exact) mass is 747 g/mol. The summed E-state index contributed by atoms with van der Waals surface area (Å²) in [5.41, 5.74) is 17.2. The Labute approximate surface area is 310 Å². The number of carbonyl (C=O) groups excluding carboxylic acids is 5. The number of nitrogens with two attached hydrogens (primary N) is 3. The third-order valence-corrected chi connectivity index (χ3v) is 8.15. The fraction of sp³-hybridized carbons (Fsp3) is 0.600. The van der Waals surface area contributed by atoms with E-state index in [0.29, 0.717) is 44.3 Å². The summed E-state index contributed by atoms with van der Waals surface area (Å²) in [6, 6.07) is -1.68. The van der Waals surface area contributed by atoms with Gasteiger partial charge < -0.3 is 48.9 Å². The SMILES string of the molecule is C=CC[C@H](NC(=O)[C@H](CCCCN)NC(=O)[C@H](CCCCN)NC(=O)[C@H](C)N)C(=O)N[C@@H](Cc1ccc([N+](=O)[O-])cc1)C(=O)N[C@@H](CC(C)C)C(=O)O. The topological polar surface area (TPSA) is 304 Å². The van der Waals surface area contributed by atoms with Gasteiger partial charge in [0.1, 0.15) is 30.2 Å². The lowest BCUT2D eigenvalue weighted by Crippen LogP contribution is -2.59. The molecule has 53 heavy (non-hydrogen) atoms. The summed E-state index contributed by atoms with van der Waals surface area (Å²) < 4.78 is 0. The molecule has 0 unspecified atom stereocenters. The zero-order valence-electron chi connectivity index (χ0n) is 30.8. The number of aliphatic carboxylic acids is 1. The highest BCUT2D eigenvalue weighted by Crippen LogP contribution is 2.15. The summed E-state index contributed by atoms with van der Waals surface area (Å²) in [7, 11) is 0. The standard InChI is InChI=1S/C35H57N9O9/c1-5-10-25(40-33(48)27(12-7-9-18-37)41-32(47)26(11-6-8-17-36)39-30(45)22(4)38)31(46)42-28(20-23-13-15-24(16-14-23)44(52)53)34(49)43-29(35(50)51)19-21(2)3/h5,13-16,21-22,25-29H,1,6-12,17-20,36-38H2,2-4H3,(H,39,45)(H,40,48)(H,41,47)(H,42,46)(H,43,49)(H,50,51)/t22-,25-,26-,27-,28-,29-/m0/s1. The molecule has 0 heterocycles. The van der Waals surface area contributed by atoms with Crippen LogP contribution in [-0.4, -0.2) is 94.9 Å². The molecular formula is C35H57N9O9. The number of hydrogen-bond donors (Lipinski definition) is 9. The third-order valence-electron chi connectivity index (χ3n) is 8.15. The summed E-state index contributed by atoms with van der Waals surface area (Å²) in [6.45, 7) is 9.40. The zero-order valence-corrected chi connectivity index (χ0v) is 30.8. The van der Waals surface area contributed by atoms with Crippen LogP contribution in [0.5, 0.6) is 0 Å². The van der Waals surface area contributed by atoms with Crippen molar-refractivity contribution in [1.29, 1.82) is 0 Å². The first-order valence-electron chi connectivity index (χ1n) is 17.8. The molecule has 6 atom stereocenters. The Morgan fingerprint density at radius 2 is 1.17 bits per heavy atom. The number of hydrogen-bond acceptors (Lipinski definition) is 11. The van der Waals surface area contributed by atoms with Crippen molar-refractivity contribution in [2.75, 3.05) is 13.1 Å². The largest absolute Gasteiger partial charge is 0.480 e. The van der Waals surface area contributed by atoms with Crippen LogP contribution in [0.15, 0.2) is 36.9 Å². The highest BCUT2D eigenvalue weighted by molar-refractivity contribution is 5.96. The molecule has 18 nitrogen and oxygen atoms in total. The first-order valence-corrected chi connectivity index (χ1v) is 17.8. The Morgan fingerprint density at radius 1 is 0.736 bits per heavy atom. The quantitative estimate of drug-likeness (QED) is 0.0259. The lowest BCUT2D eigenvalue weighted by atomic mass is 10.0. The van der Waals surface area contributed by atoms with Crippen LogP contribution < -0.4 is 43.8 Å². The van der Waals surface area contributed by atoms with E-state index in [0.717, 1.165) is 0 Å². The first-order chi connectivity index (χ1) is 25.0. The number of unbranched alkanes of at least 4 members (excludes halogenated alkanes) is 2. The van der Waals surface area contributed by atoms with Crippen LogP contribution in [0.1, 0.15) is 77.7 Å². The van der Waals surface area contributed by atoms with Crippen LogP contribution in [0.4, 0.5) is 5.69 Å². The molecule has 1 rings (SSSR count). The van der Waals surface area contributed by atoms with Crippen molar-refractivity contribution in [1.82, 2.24) is 26.6 Å². The molecule has 0 bridgehead atoms. The van der Waals surface area contributed by atoms with Crippen LogP contribution in [0.2, 0.25) is 0 Å². The third kappa shape index (κ3) is 17.4. The van der Waals surface area contributed by atoms with Gasteiger partial charge in [-0.15, -0.1) is 6.58 Å². The molecule has 18 heteroatoms. The van der Waals surface area contributed by atoms with Gasteiger partial charge in [0.25, 0.3) is 5.69 Å². The maximum Gasteiger partial charge on any atom is 0.326 e. The van der Waals surface area contributed by atoms with Crippen molar-refractivity contribution in [3.63, 3.8) is 0 Å². The van der Waals surface area contributed by atoms with Crippen molar-refractivity contribution in [3.05, 3.63) is 52.6 Å². The van der Waals surface area contributed by atoms with Crippen LogP contribution in [-0.2, 0) is 35.2 Å². The number of nitro groups is 1. The highest BCUT2D eigenvalue weighted by atomic mass is 16.6. The average Bonchev–Trinajstić information content (AvgIpc) is 3.09. The smallest absolute Gasteiger partial charge is 0.326 e. The number of nitrogens with zero attached hydrogens (tertiary/aromatic N) is 1. The molecule has 5 amide bonds. The molecule has 0 aliphatic carbocycles. The van der Waals surface area contributed by atoms with Gasteiger partial charge in [-0.1, -0.05) is 32.1 Å². The number of carbonyl (C=O) groups is 6. The fourth-order valence-corrected chi connectivity index (χ4v) is 5.21. The average molecular weight is 748 g/mol. The van der Waals surface area contributed by atoms with E-state index in [2.05, 4.69) is 33.2 Å². The second-order valence-electron chi connectivity index (χ2n) is 13.3. The van der Waals surface area contributed by atoms with E-state index >= 15 is 0 Å². The molecule has 0 aliphatic heterocycles. The fourth-order valence-electron chi connectivity index (χ4n) is 5.21. The Bertz CT molecular complexity index is 1390. The van der Waals surface area contributed by atoms with Crippen LogP contribution in [0.3, 0.4) is 0 Å². The van der Waals surface area contributed by atoms with Crippen LogP contribution in [0, 0.1) is 16.0 Å². The van der Waals surface area contributed by atoms with Gasteiger partial charge in [0.2, 0.25) is 29.5 Å². The normalized spacial score (nSPS) is 14.4.